The molecule has 1 aliphatic rings. The van der Waals surface area contributed by atoms with E-state index in [1.165, 1.54) is 28.0 Å². The molecule has 1 saturated heterocycles. The molecule has 1 unspecified atom stereocenters. The van der Waals surface area contributed by atoms with Crippen molar-refractivity contribution in [3.63, 3.8) is 0 Å². The first kappa shape index (κ1) is 29.1. The Balaban J connectivity index is 1.53. The van der Waals surface area contributed by atoms with E-state index in [2.05, 4.69) is 17.1 Å². The molecule has 7 nitrogen and oxygen atoms in total. The van der Waals surface area contributed by atoms with Crippen LogP contribution in [0.2, 0.25) is 10.0 Å². The Morgan fingerprint density at radius 2 is 1.73 bits per heavy atom. The highest BCUT2D eigenvalue weighted by Crippen LogP contribution is 2.44. The lowest BCUT2D eigenvalue weighted by Crippen LogP contribution is -2.29. The zero-order valence-electron chi connectivity index (χ0n) is 21.9. The number of Topliss-reactive ketones (excluding diaryl/α,β-unsaturated/α-hetero) is 1. The Morgan fingerprint density at radius 3 is 2.44 bits per heavy atom. The summed E-state index contributed by atoms with van der Waals surface area (Å²) in [4.78, 5) is 28.3. The monoisotopic (exact) mass is 625 g/mol. The second-order valence-corrected chi connectivity index (χ2v) is 12.3. The zero-order valence-corrected chi connectivity index (χ0v) is 25.1. The highest BCUT2D eigenvalue weighted by atomic mass is 35.5. The van der Waals surface area contributed by atoms with Gasteiger partial charge in [0.1, 0.15) is 11.5 Å². The minimum atomic E-state index is -0.942. The molecule has 41 heavy (non-hydrogen) atoms. The number of carbonyl (C=O) groups excluding carboxylic acids is 2. The van der Waals surface area contributed by atoms with Crippen LogP contribution in [-0.4, -0.2) is 33.6 Å². The molecule has 0 spiro atoms. The Hall–Kier alpha value is -3.37. The first-order chi connectivity index (χ1) is 19.9. The van der Waals surface area contributed by atoms with E-state index >= 15 is 0 Å². The van der Waals surface area contributed by atoms with Gasteiger partial charge in [-0.25, -0.2) is 0 Å². The van der Waals surface area contributed by atoms with Crippen LogP contribution in [0.15, 0.2) is 82.7 Å². The summed E-state index contributed by atoms with van der Waals surface area (Å²) >= 11 is 14.7. The van der Waals surface area contributed by atoms with E-state index in [4.69, 9.17) is 27.9 Å². The van der Waals surface area contributed by atoms with Crippen LogP contribution in [0.3, 0.4) is 0 Å². The van der Waals surface area contributed by atoms with Gasteiger partial charge in [-0.3, -0.25) is 14.5 Å². The van der Waals surface area contributed by atoms with E-state index < -0.39 is 17.7 Å². The molecule has 1 aromatic heterocycles. The van der Waals surface area contributed by atoms with Crippen LogP contribution in [-0.2, 0) is 15.3 Å². The van der Waals surface area contributed by atoms with Gasteiger partial charge in [0, 0.05) is 21.4 Å². The number of rotatable bonds is 10. The minimum Gasteiger partial charge on any atom is -0.507 e. The molecule has 210 valence electrons. The Kier molecular flexibility index (Phi) is 9.29. The number of hydrogen-bond donors (Lipinski definition) is 1. The predicted molar refractivity (Wildman–Crippen MR) is 164 cm³/mol. The third-order valence-corrected chi connectivity index (χ3v) is 9.01. The van der Waals surface area contributed by atoms with Gasteiger partial charge >= 0.3 is 5.91 Å². The molecule has 11 heteroatoms. The largest absolute Gasteiger partial charge is 0.507 e. The van der Waals surface area contributed by atoms with Gasteiger partial charge in [-0.2, -0.15) is 0 Å². The first-order valence-corrected chi connectivity index (χ1v) is 15.4. The third kappa shape index (κ3) is 6.59. The van der Waals surface area contributed by atoms with E-state index in [-0.39, 0.29) is 16.5 Å². The summed E-state index contributed by atoms with van der Waals surface area (Å²) in [6, 6.07) is 20.2. The Bertz CT molecular complexity index is 1590. The van der Waals surface area contributed by atoms with Crippen molar-refractivity contribution in [2.45, 2.75) is 35.9 Å². The second-order valence-electron chi connectivity index (χ2n) is 9.22. The molecular formula is C30H25Cl2N3O4S2. The maximum absolute atomic E-state index is 13.5. The fourth-order valence-electron chi connectivity index (χ4n) is 4.30. The lowest BCUT2D eigenvalue weighted by Gasteiger charge is -2.23. The summed E-state index contributed by atoms with van der Waals surface area (Å²) in [7, 11) is 0. The number of ketones is 1. The average Bonchev–Trinajstić information content (AvgIpc) is 3.55. The number of aliphatic hydroxyl groups is 1. The van der Waals surface area contributed by atoms with E-state index in [0.717, 1.165) is 18.4 Å². The van der Waals surface area contributed by atoms with Crippen molar-refractivity contribution >= 4 is 68.9 Å². The molecule has 1 N–H and O–H groups in total. The summed E-state index contributed by atoms with van der Waals surface area (Å²) in [5.74, 6) is -0.684. The van der Waals surface area contributed by atoms with Gasteiger partial charge in [0.25, 0.3) is 5.78 Å². The normalized spacial score (nSPS) is 16.4. The van der Waals surface area contributed by atoms with Crippen molar-refractivity contribution in [3.05, 3.63) is 105 Å². The van der Waals surface area contributed by atoms with Crippen LogP contribution >= 0.6 is 46.3 Å². The molecule has 1 aliphatic heterocycles. The van der Waals surface area contributed by atoms with Gasteiger partial charge in [-0.15, -0.1) is 10.2 Å². The van der Waals surface area contributed by atoms with Gasteiger partial charge in [0.05, 0.1) is 18.2 Å². The Labute approximate surface area is 255 Å². The lowest BCUT2D eigenvalue weighted by molar-refractivity contribution is -0.132. The quantitative estimate of drug-likeness (QED) is 0.0477. The molecule has 0 aliphatic carbocycles. The number of benzene rings is 3. The highest BCUT2D eigenvalue weighted by molar-refractivity contribution is 8.00. The number of hydrogen-bond acceptors (Lipinski definition) is 8. The summed E-state index contributed by atoms with van der Waals surface area (Å²) in [5.41, 5.74) is 1.97. The van der Waals surface area contributed by atoms with Gasteiger partial charge in [0.15, 0.2) is 4.34 Å². The molecule has 1 fully saturated rings. The molecule has 4 aromatic rings. The van der Waals surface area contributed by atoms with Crippen molar-refractivity contribution in [2.75, 3.05) is 11.5 Å². The van der Waals surface area contributed by atoms with E-state index in [1.807, 2.05) is 30.3 Å². The van der Waals surface area contributed by atoms with Crippen LogP contribution < -0.4 is 9.64 Å². The number of carbonyl (C=O) groups is 2. The number of aromatic nitrogens is 2. The van der Waals surface area contributed by atoms with Gasteiger partial charge in [-0.05, 0) is 66.1 Å². The fraction of sp³-hybridized carbons (Fsp3) is 0.200. The minimum absolute atomic E-state index is 0.0476. The molecule has 0 radical (unpaired) electrons. The summed E-state index contributed by atoms with van der Waals surface area (Å²) in [6.07, 6.45) is 1.87. The lowest BCUT2D eigenvalue weighted by atomic mass is 9.95. The fourth-order valence-corrected chi connectivity index (χ4v) is 6.38. The molecule has 1 amide bonds. The molecular weight excluding hydrogens is 601 g/mol. The van der Waals surface area contributed by atoms with E-state index in [0.29, 0.717) is 43.6 Å². The summed E-state index contributed by atoms with van der Waals surface area (Å²) < 4.78 is 6.53. The number of ether oxygens (including phenoxy) is 1. The average molecular weight is 627 g/mol. The SMILES string of the molecule is CCCCOc1cccc(C2C(=C(O)c3ccc(Cl)cc3)C(=O)C(=O)N2c2nnc(SCc3ccc(Cl)cc3)s2)c1. The van der Waals surface area contributed by atoms with Gasteiger partial charge < -0.3 is 9.84 Å². The standard InChI is InChI=1S/C30H25Cl2N3O4S2/c1-2-3-15-39-23-6-4-5-20(16-23)25-24(26(36)19-9-13-22(32)14-10-19)27(37)28(38)35(25)29-33-34-30(41-29)40-17-18-7-11-21(31)12-8-18/h4-14,16,25,36H,2-3,15,17H2,1H3. The third-order valence-electron chi connectivity index (χ3n) is 6.38. The molecule has 5 rings (SSSR count). The van der Waals surface area contributed by atoms with Crippen molar-refractivity contribution in [3.8, 4) is 5.75 Å². The molecule has 1 atom stereocenters. The number of aliphatic hydroxyl groups excluding tert-OH is 1. The van der Waals surface area contributed by atoms with Gasteiger partial charge in [-0.1, -0.05) is 83.9 Å². The number of thioether (sulfide) groups is 1. The Morgan fingerprint density at radius 1 is 1.02 bits per heavy atom. The van der Waals surface area contributed by atoms with Crippen molar-refractivity contribution in [1.29, 1.82) is 0 Å². The number of unbranched alkanes of at least 4 members (excludes halogenated alkanes) is 1. The molecule has 0 saturated carbocycles. The molecule has 0 bridgehead atoms. The van der Waals surface area contributed by atoms with Crippen molar-refractivity contribution in [2.24, 2.45) is 0 Å². The highest BCUT2D eigenvalue weighted by Gasteiger charge is 2.48. The topological polar surface area (TPSA) is 92.6 Å². The van der Waals surface area contributed by atoms with Crippen LogP contribution in [0, 0.1) is 0 Å². The summed E-state index contributed by atoms with van der Waals surface area (Å²) in [5, 5.41) is 21.3. The summed E-state index contributed by atoms with van der Waals surface area (Å²) in [6.45, 7) is 2.61. The number of nitrogens with zero attached hydrogens (tertiary/aromatic N) is 3. The maximum Gasteiger partial charge on any atom is 0.301 e. The van der Waals surface area contributed by atoms with Crippen LogP contribution in [0.25, 0.3) is 5.76 Å². The van der Waals surface area contributed by atoms with Crippen LogP contribution in [0.4, 0.5) is 5.13 Å². The first-order valence-electron chi connectivity index (χ1n) is 12.9. The van der Waals surface area contributed by atoms with Crippen molar-refractivity contribution in [1.82, 2.24) is 10.2 Å². The smallest absolute Gasteiger partial charge is 0.301 e. The van der Waals surface area contributed by atoms with E-state index in [9.17, 15) is 14.7 Å². The zero-order chi connectivity index (χ0) is 28.9. The number of anilines is 1. The van der Waals surface area contributed by atoms with Gasteiger partial charge in [0.2, 0.25) is 5.13 Å². The molecule has 3 aromatic carbocycles. The second kappa shape index (κ2) is 13.1. The number of halogens is 2. The predicted octanol–water partition coefficient (Wildman–Crippen LogP) is 7.94. The molecule has 2 heterocycles. The maximum atomic E-state index is 13.5. The van der Waals surface area contributed by atoms with Crippen molar-refractivity contribution < 1.29 is 19.4 Å². The van der Waals surface area contributed by atoms with E-state index in [1.54, 1.807) is 42.5 Å². The van der Waals surface area contributed by atoms with Crippen LogP contribution in [0.5, 0.6) is 5.75 Å². The number of amides is 1. The van der Waals surface area contributed by atoms with Crippen LogP contribution in [0.1, 0.15) is 42.5 Å².